The van der Waals surface area contributed by atoms with Crippen LogP contribution in [0.3, 0.4) is 0 Å². The molecule has 1 aromatic rings. The Balaban J connectivity index is 1.89. The quantitative estimate of drug-likeness (QED) is 0.596. The zero-order valence-electron chi connectivity index (χ0n) is 11.6. The fourth-order valence-corrected chi connectivity index (χ4v) is 2.65. The number of hydrogen-bond donors (Lipinski definition) is 0. The molecule has 1 unspecified atom stereocenters. The molecule has 0 aromatic heterocycles. The van der Waals surface area contributed by atoms with Gasteiger partial charge in [0.05, 0.1) is 5.92 Å². The van der Waals surface area contributed by atoms with Crippen molar-refractivity contribution in [2.24, 2.45) is 5.92 Å². The van der Waals surface area contributed by atoms with E-state index in [9.17, 15) is 22.4 Å². The van der Waals surface area contributed by atoms with Gasteiger partial charge in [-0.1, -0.05) is 30.3 Å². The van der Waals surface area contributed by atoms with Crippen LogP contribution in [-0.2, 0) is 4.74 Å². The number of ketones is 1. The summed E-state index contributed by atoms with van der Waals surface area (Å²) < 4.78 is 58.0. The second-order valence-corrected chi connectivity index (χ2v) is 5.39. The molecule has 0 bridgehead atoms. The lowest BCUT2D eigenvalue weighted by Gasteiger charge is -2.22. The Morgan fingerprint density at radius 3 is 2.36 bits per heavy atom. The van der Waals surface area contributed by atoms with Gasteiger partial charge < -0.3 is 4.74 Å². The summed E-state index contributed by atoms with van der Waals surface area (Å²) in [4.78, 5) is 11.2. The molecule has 1 aliphatic heterocycles. The van der Waals surface area contributed by atoms with Crippen molar-refractivity contribution < 1.29 is 27.1 Å². The highest BCUT2D eigenvalue weighted by molar-refractivity contribution is 5.94. The second kappa shape index (κ2) is 4.69. The summed E-state index contributed by atoms with van der Waals surface area (Å²) in [5.41, 5.74) is 1.62. The van der Waals surface area contributed by atoms with Gasteiger partial charge in [-0.25, -0.2) is 0 Å². The highest BCUT2D eigenvalue weighted by atomic mass is 19.3. The fraction of sp³-hybridized carbons (Fsp3) is 0.312. The van der Waals surface area contributed by atoms with Gasteiger partial charge in [-0.2, -0.15) is 17.6 Å². The number of rotatable bonds is 2. The Kier molecular flexibility index (Phi) is 3.16. The lowest BCUT2D eigenvalue weighted by Crippen LogP contribution is -2.40. The smallest absolute Gasteiger partial charge is 0.432 e. The molecule has 116 valence electrons. The molecule has 0 saturated carbocycles. The van der Waals surface area contributed by atoms with Crippen molar-refractivity contribution >= 4 is 11.4 Å². The third-order valence-electron chi connectivity index (χ3n) is 3.95. The molecule has 1 aliphatic carbocycles. The molecule has 0 amide bonds. The third kappa shape index (κ3) is 2.14. The standard InChI is InChI=1S/C16H12F4O2/c1-9(21)10-2-4-11(5-3-10)12-6-7-14-13(8-12)15(17,18)16(19,20)22-14/h2-7,13H,8H2,1H3. The maximum absolute atomic E-state index is 13.7. The van der Waals surface area contributed by atoms with Gasteiger partial charge in [-0.15, -0.1) is 0 Å². The van der Waals surface area contributed by atoms with Gasteiger partial charge in [0.25, 0.3) is 0 Å². The third-order valence-corrected chi connectivity index (χ3v) is 3.95. The predicted molar refractivity (Wildman–Crippen MR) is 71.6 cm³/mol. The van der Waals surface area contributed by atoms with E-state index in [1.165, 1.54) is 13.0 Å². The van der Waals surface area contributed by atoms with Crippen LogP contribution in [0.5, 0.6) is 0 Å². The van der Waals surface area contributed by atoms with Gasteiger partial charge in [0, 0.05) is 5.56 Å². The van der Waals surface area contributed by atoms with Crippen LogP contribution in [0.2, 0.25) is 0 Å². The van der Waals surface area contributed by atoms with Crippen molar-refractivity contribution in [3.05, 3.63) is 53.3 Å². The normalized spacial score (nSPS) is 24.9. The molecule has 1 atom stereocenters. The first-order valence-electron chi connectivity index (χ1n) is 6.69. The van der Waals surface area contributed by atoms with Gasteiger partial charge in [-0.3, -0.25) is 4.79 Å². The maximum Gasteiger partial charge on any atom is 0.464 e. The molecule has 0 radical (unpaired) electrons. The van der Waals surface area contributed by atoms with Crippen LogP contribution in [0.25, 0.3) is 5.57 Å². The van der Waals surface area contributed by atoms with Crippen molar-refractivity contribution in [1.82, 2.24) is 0 Å². The molecule has 1 saturated heterocycles. The van der Waals surface area contributed by atoms with Crippen LogP contribution in [0, 0.1) is 5.92 Å². The largest absolute Gasteiger partial charge is 0.464 e. The SMILES string of the molecule is CC(=O)c1ccc(C2=CC=C3OC(F)(F)C(F)(F)C3C2)cc1. The number of alkyl halides is 4. The Bertz CT molecular complexity index is 687. The first-order valence-corrected chi connectivity index (χ1v) is 6.69. The minimum absolute atomic E-state index is 0.110. The zero-order chi connectivity index (χ0) is 16.1. The topological polar surface area (TPSA) is 26.3 Å². The van der Waals surface area contributed by atoms with Crippen LogP contribution in [0.4, 0.5) is 17.6 Å². The lowest BCUT2D eigenvalue weighted by molar-refractivity contribution is -0.302. The molecule has 6 heteroatoms. The summed E-state index contributed by atoms with van der Waals surface area (Å²) in [6, 6.07) is 6.40. The second-order valence-electron chi connectivity index (χ2n) is 5.39. The number of halogens is 4. The number of fused-ring (bicyclic) bond motifs is 1. The van der Waals surface area contributed by atoms with Crippen molar-refractivity contribution in [1.29, 1.82) is 0 Å². The Morgan fingerprint density at radius 1 is 1.14 bits per heavy atom. The van der Waals surface area contributed by atoms with E-state index in [4.69, 9.17) is 0 Å². The Morgan fingerprint density at radius 2 is 1.77 bits per heavy atom. The summed E-state index contributed by atoms with van der Waals surface area (Å²) in [5, 5.41) is 0. The number of ether oxygens (including phenoxy) is 1. The molecule has 0 spiro atoms. The molecule has 1 heterocycles. The van der Waals surface area contributed by atoms with Gasteiger partial charge >= 0.3 is 12.0 Å². The van der Waals surface area contributed by atoms with Gasteiger partial charge in [-0.05, 0) is 30.6 Å². The lowest BCUT2D eigenvalue weighted by atomic mass is 9.85. The Labute approximate surface area is 124 Å². The van der Waals surface area contributed by atoms with Crippen molar-refractivity contribution in [2.45, 2.75) is 25.4 Å². The van der Waals surface area contributed by atoms with Crippen molar-refractivity contribution in [3.63, 3.8) is 0 Å². The summed E-state index contributed by atoms with van der Waals surface area (Å²) >= 11 is 0. The average Bonchev–Trinajstić information content (AvgIpc) is 2.64. The molecule has 1 fully saturated rings. The highest BCUT2D eigenvalue weighted by Gasteiger charge is 2.71. The number of carbonyl (C=O) groups excluding carboxylic acids is 1. The fourth-order valence-electron chi connectivity index (χ4n) is 2.65. The molecule has 0 N–H and O–H groups in total. The average molecular weight is 312 g/mol. The van der Waals surface area contributed by atoms with Crippen LogP contribution in [0.1, 0.15) is 29.3 Å². The van der Waals surface area contributed by atoms with E-state index in [-0.39, 0.29) is 18.0 Å². The molecule has 3 rings (SSSR count). The van der Waals surface area contributed by atoms with E-state index in [1.807, 2.05) is 0 Å². The van der Waals surface area contributed by atoms with E-state index < -0.39 is 17.9 Å². The Hall–Kier alpha value is -2.11. The number of carbonyl (C=O) groups is 1. The van der Waals surface area contributed by atoms with Crippen LogP contribution in [0.15, 0.2) is 42.2 Å². The van der Waals surface area contributed by atoms with Gasteiger partial charge in [0.15, 0.2) is 5.78 Å². The van der Waals surface area contributed by atoms with E-state index in [0.29, 0.717) is 16.7 Å². The molecular formula is C16H12F4O2. The van der Waals surface area contributed by atoms with E-state index in [1.54, 1.807) is 24.3 Å². The number of hydrogen-bond acceptors (Lipinski definition) is 2. The number of benzene rings is 1. The first kappa shape index (κ1) is 14.8. The van der Waals surface area contributed by atoms with Crippen molar-refractivity contribution in [2.75, 3.05) is 0 Å². The van der Waals surface area contributed by atoms with E-state index in [0.717, 1.165) is 6.08 Å². The minimum atomic E-state index is -4.48. The summed E-state index contributed by atoms with van der Waals surface area (Å²) in [7, 11) is 0. The zero-order valence-corrected chi connectivity index (χ0v) is 11.6. The maximum atomic E-state index is 13.7. The van der Waals surface area contributed by atoms with E-state index in [2.05, 4.69) is 4.74 Å². The van der Waals surface area contributed by atoms with Gasteiger partial charge in [0.2, 0.25) is 0 Å². The summed E-state index contributed by atoms with van der Waals surface area (Å²) in [6.07, 6.45) is -2.07. The van der Waals surface area contributed by atoms with Crippen molar-refractivity contribution in [3.8, 4) is 0 Å². The molecule has 22 heavy (non-hydrogen) atoms. The molecule has 2 nitrogen and oxygen atoms in total. The molecular weight excluding hydrogens is 300 g/mol. The van der Waals surface area contributed by atoms with Gasteiger partial charge in [0.1, 0.15) is 5.76 Å². The monoisotopic (exact) mass is 312 g/mol. The molecule has 1 aromatic carbocycles. The first-order chi connectivity index (χ1) is 10.2. The minimum Gasteiger partial charge on any atom is -0.432 e. The predicted octanol–water partition coefficient (Wildman–Crippen LogP) is 4.43. The number of allylic oxidation sites excluding steroid dienone is 4. The number of Topliss-reactive ketones (excluding diaryl/α,β-unsaturated/α-hetero) is 1. The van der Waals surface area contributed by atoms with Crippen LogP contribution >= 0.6 is 0 Å². The summed E-state index contributed by atoms with van der Waals surface area (Å²) in [6.45, 7) is 1.42. The van der Waals surface area contributed by atoms with E-state index >= 15 is 0 Å². The van der Waals surface area contributed by atoms with Crippen LogP contribution in [-0.4, -0.2) is 17.8 Å². The summed E-state index contributed by atoms with van der Waals surface area (Å²) in [5.74, 6) is -6.41. The highest BCUT2D eigenvalue weighted by Crippen LogP contribution is 2.55. The van der Waals surface area contributed by atoms with Crippen LogP contribution < -0.4 is 0 Å². The molecule has 2 aliphatic rings.